The van der Waals surface area contributed by atoms with E-state index in [1.807, 2.05) is 6.07 Å². The first-order valence-electron chi connectivity index (χ1n) is 10.5. The standard InChI is InChI=1S/C23H30N4O2.HI/c1-3-24-22(27-12-6-11-23(16-27)13-21(28)26-15-23)25-14-19-18-8-5-4-7-17(18)9-10-20(19)29-2;/h4-5,7-10H,3,6,11-16H2,1-2H3,(H,24,25)(H,26,28);1H. The number of amides is 1. The van der Waals surface area contributed by atoms with Gasteiger partial charge in [0.05, 0.1) is 13.7 Å². The molecule has 1 unspecified atom stereocenters. The first-order chi connectivity index (χ1) is 14.1. The summed E-state index contributed by atoms with van der Waals surface area (Å²) in [4.78, 5) is 19.1. The molecule has 1 amide bonds. The summed E-state index contributed by atoms with van der Waals surface area (Å²) in [6.07, 6.45) is 2.80. The van der Waals surface area contributed by atoms with Crippen LogP contribution in [0.2, 0.25) is 0 Å². The molecule has 2 aliphatic heterocycles. The summed E-state index contributed by atoms with van der Waals surface area (Å²) < 4.78 is 5.63. The van der Waals surface area contributed by atoms with Crippen molar-refractivity contribution in [1.29, 1.82) is 0 Å². The Morgan fingerprint density at radius 3 is 2.87 bits per heavy atom. The number of carbonyl (C=O) groups excluding carboxylic acids is 1. The first kappa shape index (κ1) is 22.7. The van der Waals surface area contributed by atoms with Gasteiger partial charge in [-0.1, -0.05) is 30.3 Å². The molecule has 4 rings (SSSR count). The minimum atomic E-state index is 0. The molecule has 1 spiro atoms. The molecule has 0 aliphatic carbocycles. The van der Waals surface area contributed by atoms with Crippen molar-refractivity contribution in [1.82, 2.24) is 15.5 Å². The van der Waals surface area contributed by atoms with Crippen molar-refractivity contribution in [3.8, 4) is 5.75 Å². The molecule has 2 aromatic carbocycles. The fourth-order valence-corrected chi connectivity index (χ4v) is 4.68. The van der Waals surface area contributed by atoms with Crippen molar-refractivity contribution in [3.05, 3.63) is 42.0 Å². The van der Waals surface area contributed by atoms with E-state index in [1.54, 1.807) is 7.11 Å². The van der Waals surface area contributed by atoms with E-state index in [9.17, 15) is 4.79 Å². The molecule has 2 heterocycles. The summed E-state index contributed by atoms with van der Waals surface area (Å²) in [5, 5.41) is 8.84. The number of hydrogen-bond acceptors (Lipinski definition) is 3. The molecule has 162 valence electrons. The van der Waals surface area contributed by atoms with E-state index in [2.05, 4.69) is 52.8 Å². The molecule has 2 fully saturated rings. The van der Waals surface area contributed by atoms with Gasteiger partial charge in [0.2, 0.25) is 5.91 Å². The Kier molecular flexibility index (Phi) is 7.44. The Morgan fingerprint density at radius 2 is 2.13 bits per heavy atom. The highest BCUT2D eigenvalue weighted by Gasteiger charge is 2.42. The predicted octanol–water partition coefficient (Wildman–Crippen LogP) is 3.53. The number of guanidine groups is 1. The molecule has 2 saturated heterocycles. The summed E-state index contributed by atoms with van der Waals surface area (Å²) >= 11 is 0. The van der Waals surface area contributed by atoms with Crippen LogP contribution < -0.4 is 15.4 Å². The molecule has 0 saturated carbocycles. The van der Waals surface area contributed by atoms with Gasteiger partial charge in [0, 0.05) is 43.6 Å². The number of ether oxygens (including phenoxy) is 1. The fourth-order valence-electron chi connectivity index (χ4n) is 4.68. The van der Waals surface area contributed by atoms with Crippen molar-refractivity contribution in [2.45, 2.75) is 32.7 Å². The number of fused-ring (bicyclic) bond motifs is 1. The van der Waals surface area contributed by atoms with E-state index in [0.717, 1.165) is 56.3 Å². The number of rotatable bonds is 4. The van der Waals surface area contributed by atoms with E-state index < -0.39 is 0 Å². The highest BCUT2D eigenvalue weighted by molar-refractivity contribution is 14.0. The fraction of sp³-hybridized carbons (Fsp3) is 0.478. The lowest BCUT2D eigenvalue weighted by Gasteiger charge is -2.40. The normalized spacial score (nSPS) is 21.5. The third-order valence-electron chi connectivity index (χ3n) is 6.10. The Bertz CT molecular complexity index is 933. The largest absolute Gasteiger partial charge is 0.496 e. The Labute approximate surface area is 195 Å². The zero-order valence-corrected chi connectivity index (χ0v) is 20.1. The number of hydrogen-bond donors (Lipinski definition) is 2. The van der Waals surface area contributed by atoms with Gasteiger partial charge >= 0.3 is 0 Å². The Hall–Kier alpha value is -2.03. The quantitative estimate of drug-likeness (QED) is 0.367. The smallest absolute Gasteiger partial charge is 0.220 e. The van der Waals surface area contributed by atoms with Gasteiger partial charge in [0.1, 0.15) is 5.75 Å². The molecule has 2 aliphatic rings. The van der Waals surface area contributed by atoms with Crippen LogP contribution in [-0.2, 0) is 11.3 Å². The van der Waals surface area contributed by atoms with Crippen LogP contribution in [0, 0.1) is 5.41 Å². The highest BCUT2D eigenvalue weighted by Crippen LogP contribution is 2.36. The van der Waals surface area contributed by atoms with Crippen LogP contribution in [0.5, 0.6) is 5.75 Å². The second-order valence-corrected chi connectivity index (χ2v) is 8.12. The number of likely N-dealkylation sites (tertiary alicyclic amines) is 1. The molecular weight excluding hydrogens is 491 g/mol. The highest BCUT2D eigenvalue weighted by atomic mass is 127. The number of halogens is 1. The van der Waals surface area contributed by atoms with Crippen LogP contribution in [0.15, 0.2) is 41.4 Å². The molecule has 7 heteroatoms. The lowest BCUT2D eigenvalue weighted by molar-refractivity contribution is -0.119. The third-order valence-corrected chi connectivity index (χ3v) is 6.10. The molecule has 0 bridgehead atoms. The van der Waals surface area contributed by atoms with E-state index >= 15 is 0 Å². The lowest BCUT2D eigenvalue weighted by atomic mass is 9.79. The summed E-state index contributed by atoms with van der Waals surface area (Å²) in [5.74, 6) is 1.96. The molecule has 0 radical (unpaired) electrons. The molecule has 1 atom stereocenters. The van der Waals surface area contributed by atoms with Gasteiger partial charge < -0.3 is 20.3 Å². The average Bonchev–Trinajstić information content (AvgIpc) is 3.10. The third kappa shape index (κ3) is 4.66. The van der Waals surface area contributed by atoms with Crippen molar-refractivity contribution in [2.24, 2.45) is 10.4 Å². The van der Waals surface area contributed by atoms with Crippen molar-refractivity contribution in [2.75, 3.05) is 33.3 Å². The molecule has 0 aromatic heterocycles. The molecule has 6 nitrogen and oxygen atoms in total. The van der Waals surface area contributed by atoms with E-state index in [1.165, 1.54) is 10.8 Å². The van der Waals surface area contributed by atoms with Gasteiger partial charge in [-0.05, 0) is 36.6 Å². The first-order valence-corrected chi connectivity index (χ1v) is 10.5. The van der Waals surface area contributed by atoms with Crippen LogP contribution in [0.3, 0.4) is 0 Å². The van der Waals surface area contributed by atoms with Gasteiger partial charge in [-0.3, -0.25) is 4.79 Å². The number of benzene rings is 2. The average molecular weight is 522 g/mol. The van der Waals surface area contributed by atoms with Gasteiger partial charge in [-0.15, -0.1) is 24.0 Å². The van der Waals surface area contributed by atoms with Crippen LogP contribution in [-0.4, -0.2) is 50.1 Å². The second kappa shape index (κ2) is 9.85. The zero-order chi connectivity index (χ0) is 20.3. The maximum atomic E-state index is 11.8. The van der Waals surface area contributed by atoms with Crippen molar-refractivity contribution >= 4 is 46.6 Å². The van der Waals surface area contributed by atoms with Gasteiger partial charge in [0.25, 0.3) is 0 Å². The maximum Gasteiger partial charge on any atom is 0.220 e. The number of piperidine rings is 1. The number of carbonyl (C=O) groups is 1. The zero-order valence-electron chi connectivity index (χ0n) is 17.7. The van der Waals surface area contributed by atoms with Gasteiger partial charge in [-0.25, -0.2) is 4.99 Å². The number of nitrogens with one attached hydrogen (secondary N) is 2. The number of nitrogens with zero attached hydrogens (tertiary/aromatic N) is 2. The van der Waals surface area contributed by atoms with Crippen LogP contribution in [0.4, 0.5) is 0 Å². The number of aliphatic imine (C=N–C) groups is 1. The summed E-state index contributed by atoms with van der Waals surface area (Å²) in [6, 6.07) is 12.5. The molecule has 2 N–H and O–H groups in total. The van der Waals surface area contributed by atoms with Gasteiger partial charge in [-0.2, -0.15) is 0 Å². The number of methoxy groups -OCH3 is 1. The van der Waals surface area contributed by atoms with Crippen LogP contribution >= 0.6 is 24.0 Å². The second-order valence-electron chi connectivity index (χ2n) is 8.12. The Balaban J connectivity index is 0.00000256. The van der Waals surface area contributed by atoms with Crippen molar-refractivity contribution < 1.29 is 9.53 Å². The minimum Gasteiger partial charge on any atom is -0.496 e. The van der Waals surface area contributed by atoms with E-state index in [-0.39, 0.29) is 35.3 Å². The summed E-state index contributed by atoms with van der Waals surface area (Å²) in [7, 11) is 1.71. The maximum absolute atomic E-state index is 11.8. The van der Waals surface area contributed by atoms with Crippen molar-refractivity contribution in [3.63, 3.8) is 0 Å². The SMILES string of the molecule is CCNC(=NCc1c(OC)ccc2ccccc12)N1CCCC2(CNC(=O)C2)C1.I. The monoisotopic (exact) mass is 522 g/mol. The minimum absolute atomic E-state index is 0. The summed E-state index contributed by atoms with van der Waals surface area (Å²) in [5.41, 5.74) is 1.15. The van der Waals surface area contributed by atoms with Crippen LogP contribution in [0.1, 0.15) is 31.7 Å². The molecule has 2 aromatic rings. The topological polar surface area (TPSA) is 66.0 Å². The molecule has 30 heavy (non-hydrogen) atoms. The molecular formula is C23H31IN4O2. The van der Waals surface area contributed by atoms with Gasteiger partial charge in [0.15, 0.2) is 5.96 Å². The van der Waals surface area contributed by atoms with E-state index in [0.29, 0.717) is 13.0 Å². The Morgan fingerprint density at radius 1 is 1.30 bits per heavy atom. The summed E-state index contributed by atoms with van der Waals surface area (Å²) in [6.45, 7) is 6.06. The lowest BCUT2D eigenvalue weighted by Crippen LogP contribution is -2.51. The van der Waals surface area contributed by atoms with E-state index in [4.69, 9.17) is 9.73 Å². The predicted molar refractivity (Wildman–Crippen MR) is 132 cm³/mol. The van der Waals surface area contributed by atoms with Crippen LogP contribution in [0.25, 0.3) is 10.8 Å².